The Hall–Kier alpha value is -2.57. The number of aromatic amines is 1. The van der Waals surface area contributed by atoms with Crippen LogP contribution in [-0.4, -0.2) is 50.7 Å². The van der Waals surface area contributed by atoms with Crippen LogP contribution in [0.5, 0.6) is 0 Å². The summed E-state index contributed by atoms with van der Waals surface area (Å²) in [4.78, 5) is 32.7. The van der Waals surface area contributed by atoms with Crippen LogP contribution in [0.25, 0.3) is 11.0 Å². The van der Waals surface area contributed by atoms with Gasteiger partial charge in [-0.3, -0.25) is 0 Å². The van der Waals surface area contributed by atoms with E-state index in [1.807, 2.05) is 20.8 Å². The fourth-order valence-electron chi connectivity index (χ4n) is 3.21. The van der Waals surface area contributed by atoms with Gasteiger partial charge in [-0.05, 0) is 57.7 Å². The molecule has 0 bridgehead atoms. The number of fused-ring (bicyclic) bond motifs is 1. The SMILES string of the molecule is CC(C)(C)OC(=O)N1CCC(Cc2nc3ccc(C(=O)O)cc3[nH]2)CC1. The number of nitrogens with one attached hydrogen (secondary N) is 1. The second kappa shape index (κ2) is 6.97. The van der Waals surface area contributed by atoms with Crippen molar-refractivity contribution >= 4 is 23.1 Å². The molecule has 140 valence electrons. The van der Waals surface area contributed by atoms with Crippen LogP contribution >= 0.6 is 0 Å². The molecule has 1 aromatic heterocycles. The van der Waals surface area contributed by atoms with Crippen LogP contribution in [0.1, 0.15) is 49.8 Å². The first kappa shape index (κ1) is 18.2. The highest BCUT2D eigenvalue weighted by Crippen LogP contribution is 2.23. The highest BCUT2D eigenvalue weighted by atomic mass is 16.6. The van der Waals surface area contributed by atoms with E-state index >= 15 is 0 Å². The lowest BCUT2D eigenvalue weighted by Gasteiger charge is -2.33. The number of carbonyl (C=O) groups is 2. The number of aromatic carboxylic acids is 1. The number of nitrogens with zero attached hydrogens (tertiary/aromatic N) is 2. The maximum Gasteiger partial charge on any atom is 0.410 e. The lowest BCUT2D eigenvalue weighted by atomic mass is 9.93. The molecule has 1 aromatic carbocycles. The minimum Gasteiger partial charge on any atom is -0.478 e. The summed E-state index contributed by atoms with van der Waals surface area (Å²) in [6.45, 7) is 6.98. The van der Waals surface area contributed by atoms with Crippen molar-refractivity contribution in [3.63, 3.8) is 0 Å². The van der Waals surface area contributed by atoms with E-state index in [0.717, 1.165) is 36.1 Å². The zero-order valence-corrected chi connectivity index (χ0v) is 15.4. The van der Waals surface area contributed by atoms with Gasteiger partial charge in [0.05, 0.1) is 16.6 Å². The van der Waals surface area contributed by atoms with E-state index in [4.69, 9.17) is 9.84 Å². The number of aromatic nitrogens is 2. The predicted octanol–water partition coefficient (Wildman–Crippen LogP) is 3.45. The van der Waals surface area contributed by atoms with E-state index < -0.39 is 11.6 Å². The summed E-state index contributed by atoms with van der Waals surface area (Å²) in [5.41, 5.74) is 1.29. The van der Waals surface area contributed by atoms with Gasteiger partial charge in [-0.2, -0.15) is 0 Å². The second-order valence-corrected chi connectivity index (χ2v) is 7.84. The number of carboxylic acids is 1. The van der Waals surface area contributed by atoms with Gasteiger partial charge in [-0.25, -0.2) is 14.6 Å². The van der Waals surface area contributed by atoms with Gasteiger partial charge in [-0.1, -0.05) is 0 Å². The third-order valence-electron chi connectivity index (χ3n) is 4.53. The molecule has 7 nitrogen and oxygen atoms in total. The molecule has 1 amide bonds. The Bertz CT molecular complexity index is 814. The van der Waals surface area contributed by atoms with Gasteiger partial charge >= 0.3 is 12.1 Å². The standard InChI is InChI=1S/C19H25N3O4/c1-19(2,3)26-18(25)22-8-6-12(7-9-22)10-16-20-14-5-4-13(17(23)24)11-15(14)21-16/h4-5,11-12H,6-10H2,1-3H3,(H,20,21)(H,23,24). The molecule has 3 rings (SSSR count). The molecule has 2 heterocycles. The first-order valence-corrected chi connectivity index (χ1v) is 8.91. The van der Waals surface area contributed by atoms with E-state index in [1.54, 1.807) is 23.1 Å². The molecule has 2 N–H and O–H groups in total. The first-order chi connectivity index (χ1) is 12.2. The van der Waals surface area contributed by atoms with Crippen LogP contribution in [0.4, 0.5) is 4.79 Å². The molecule has 1 aliphatic rings. The Morgan fingerprint density at radius 2 is 2.00 bits per heavy atom. The summed E-state index contributed by atoms with van der Waals surface area (Å²) in [5, 5.41) is 9.08. The second-order valence-electron chi connectivity index (χ2n) is 7.84. The number of hydrogen-bond acceptors (Lipinski definition) is 4. The summed E-state index contributed by atoms with van der Waals surface area (Å²) >= 11 is 0. The summed E-state index contributed by atoms with van der Waals surface area (Å²) in [5.74, 6) is 0.351. The van der Waals surface area contributed by atoms with E-state index in [-0.39, 0.29) is 11.7 Å². The largest absolute Gasteiger partial charge is 0.478 e. The van der Waals surface area contributed by atoms with Crippen LogP contribution in [0.2, 0.25) is 0 Å². The predicted molar refractivity (Wildman–Crippen MR) is 97.3 cm³/mol. The molecule has 0 unspecified atom stereocenters. The molecular formula is C19H25N3O4. The van der Waals surface area contributed by atoms with Gasteiger partial charge in [0, 0.05) is 19.5 Å². The normalized spacial score (nSPS) is 16.0. The molecule has 1 aliphatic heterocycles. The number of ether oxygens (including phenoxy) is 1. The number of hydrogen-bond donors (Lipinski definition) is 2. The number of likely N-dealkylation sites (tertiary alicyclic amines) is 1. The summed E-state index contributed by atoms with van der Waals surface area (Å²) < 4.78 is 5.42. The number of benzene rings is 1. The van der Waals surface area contributed by atoms with Gasteiger partial charge in [0.15, 0.2) is 0 Å². The van der Waals surface area contributed by atoms with Crippen molar-refractivity contribution < 1.29 is 19.4 Å². The van der Waals surface area contributed by atoms with E-state index in [0.29, 0.717) is 19.0 Å². The van der Waals surface area contributed by atoms with Crippen LogP contribution in [-0.2, 0) is 11.2 Å². The summed E-state index contributed by atoms with van der Waals surface area (Å²) in [7, 11) is 0. The van der Waals surface area contributed by atoms with Crippen molar-refractivity contribution in [2.45, 2.75) is 45.6 Å². The van der Waals surface area contributed by atoms with Gasteiger partial charge in [0.2, 0.25) is 0 Å². The topological polar surface area (TPSA) is 95.5 Å². The molecule has 2 aromatic rings. The van der Waals surface area contributed by atoms with Crippen molar-refractivity contribution in [1.29, 1.82) is 0 Å². The number of amides is 1. The molecule has 0 radical (unpaired) electrons. The van der Waals surface area contributed by atoms with Gasteiger partial charge in [0.25, 0.3) is 0 Å². The first-order valence-electron chi connectivity index (χ1n) is 8.91. The van der Waals surface area contributed by atoms with Crippen LogP contribution in [0.3, 0.4) is 0 Å². The molecule has 0 atom stereocenters. The van der Waals surface area contributed by atoms with E-state index in [9.17, 15) is 9.59 Å². The van der Waals surface area contributed by atoms with Crippen LogP contribution in [0.15, 0.2) is 18.2 Å². The number of piperidine rings is 1. The molecule has 0 aliphatic carbocycles. The smallest absolute Gasteiger partial charge is 0.410 e. The minimum absolute atomic E-state index is 0.248. The Kier molecular flexibility index (Phi) is 4.89. The fraction of sp³-hybridized carbons (Fsp3) is 0.526. The zero-order valence-electron chi connectivity index (χ0n) is 15.4. The Labute approximate surface area is 152 Å². The van der Waals surface area contributed by atoms with Crippen LogP contribution in [0, 0.1) is 5.92 Å². The Balaban J connectivity index is 1.58. The average molecular weight is 359 g/mol. The van der Waals surface area contributed by atoms with Crippen LogP contribution < -0.4 is 0 Å². The maximum absolute atomic E-state index is 12.1. The number of rotatable bonds is 3. The van der Waals surface area contributed by atoms with Crippen molar-refractivity contribution in [2.75, 3.05) is 13.1 Å². The number of imidazole rings is 1. The lowest BCUT2D eigenvalue weighted by Crippen LogP contribution is -2.42. The van der Waals surface area contributed by atoms with Gasteiger partial charge in [-0.15, -0.1) is 0 Å². The third-order valence-corrected chi connectivity index (χ3v) is 4.53. The number of carboxylic acid groups (broad SMARTS) is 1. The molecule has 1 fully saturated rings. The molecule has 0 spiro atoms. The Morgan fingerprint density at radius 1 is 1.31 bits per heavy atom. The fourth-order valence-corrected chi connectivity index (χ4v) is 3.21. The third kappa shape index (κ3) is 4.33. The van der Waals surface area contributed by atoms with Crippen molar-refractivity contribution in [1.82, 2.24) is 14.9 Å². The quantitative estimate of drug-likeness (QED) is 0.875. The average Bonchev–Trinajstić information content (AvgIpc) is 2.95. The lowest BCUT2D eigenvalue weighted by molar-refractivity contribution is 0.0183. The van der Waals surface area contributed by atoms with Crippen molar-refractivity contribution in [3.8, 4) is 0 Å². The highest BCUT2D eigenvalue weighted by Gasteiger charge is 2.27. The molecule has 0 saturated carbocycles. The van der Waals surface area contributed by atoms with E-state index in [1.165, 1.54) is 0 Å². The Morgan fingerprint density at radius 3 is 2.62 bits per heavy atom. The van der Waals surface area contributed by atoms with Crippen molar-refractivity contribution in [3.05, 3.63) is 29.6 Å². The van der Waals surface area contributed by atoms with Gasteiger partial charge < -0.3 is 19.7 Å². The summed E-state index contributed by atoms with van der Waals surface area (Å²) in [6.07, 6.45) is 2.34. The molecule has 26 heavy (non-hydrogen) atoms. The number of H-pyrrole nitrogens is 1. The molecular weight excluding hydrogens is 334 g/mol. The van der Waals surface area contributed by atoms with E-state index in [2.05, 4.69) is 9.97 Å². The minimum atomic E-state index is -0.947. The zero-order chi connectivity index (χ0) is 18.9. The van der Waals surface area contributed by atoms with Crippen molar-refractivity contribution in [2.24, 2.45) is 5.92 Å². The van der Waals surface area contributed by atoms with Gasteiger partial charge in [0.1, 0.15) is 11.4 Å². The monoisotopic (exact) mass is 359 g/mol. The number of carbonyl (C=O) groups excluding carboxylic acids is 1. The molecule has 1 saturated heterocycles. The highest BCUT2D eigenvalue weighted by molar-refractivity contribution is 5.92. The molecule has 7 heteroatoms. The summed E-state index contributed by atoms with van der Waals surface area (Å²) in [6, 6.07) is 4.90. The maximum atomic E-state index is 12.1.